The molecule has 6 nitrogen and oxygen atoms in total. The Bertz CT molecular complexity index is 1310. The molecule has 0 saturated carbocycles. The van der Waals surface area contributed by atoms with Gasteiger partial charge in [-0.25, -0.2) is 8.42 Å². The zero-order valence-electron chi connectivity index (χ0n) is 16.0. The van der Waals surface area contributed by atoms with Crippen molar-refractivity contribution >= 4 is 61.1 Å². The first kappa shape index (κ1) is 21.5. The molecule has 0 fully saturated rings. The Hall–Kier alpha value is -2.68. The number of hydrogen-bond acceptors (Lipinski definition) is 4. The summed E-state index contributed by atoms with van der Waals surface area (Å²) in [5.41, 5.74) is 2.25. The third kappa shape index (κ3) is 4.23. The van der Waals surface area contributed by atoms with Crippen molar-refractivity contribution in [2.24, 2.45) is 0 Å². The summed E-state index contributed by atoms with van der Waals surface area (Å²) in [6, 6.07) is 15.8. The van der Waals surface area contributed by atoms with Gasteiger partial charge in [0, 0.05) is 27.2 Å². The fraction of sp³-hybridized carbons (Fsp3) is 0.0909. The molecule has 9 heteroatoms. The quantitative estimate of drug-likeness (QED) is 0.485. The normalized spacial score (nSPS) is 13.0. The van der Waals surface area contributed by atoms with Crippen LogP contribution in [0.3, 0.4) is 0 Å². The Kier molecular flexibility index (Phi) is 5.88. The molecule has 1 N–H and O–H groups in total. The number of aldehydes is 1. The number of rotatable bonds is 5. The standard InChI is InChI=1S/C22H16BrClN2O4S/c23-17-4-6-20(16(10-17)13-27)25-22(28)15-2-1-3-19(12-15)31(29,30)26-9-8-14-11-18(24)5-7-21(14)26/h1-7,10-13H,8-9H2,(H,25,28). The van der Waals surface area contributed by atoms with E-state index in [-0.39, 0.29) is 10.5 Å². The predicted molar refractivity (Wildman–Crippen MR) is 124 cm³/mol. The summed E-state index contributed by atoms with van der Waals surface area (Å²) in [6.45, 7) is 0.302. The molecule has 1 amide bonds. The first-order valence-electron chi connectivity index (χ1n) is 9.27. The summed E-state index contributed by atoms with van der Waals surface area (Å²) in [4.78, 5) is 24.0. The maximum absolute atomic E-state index is 13.3. The Morgan fingerprint density at radius 3 is 2.68 bits per heavy atom. The number of halogens is 2. The molecule has 0 spiro atoms. The highest BCUT2D eigenvalue weighted by atomic mass is 79.9. The van der Waals surface area contributed by atoms with Crippen molar-refractivity contribution < 1.29 is 18.0 Å². The van der Waals surface area contributed by atoms with Crippen LogP contribution >= 0.6 is 27.5 Å². The number of amides is 1. The van der Waals surface area contributed by atoms with Gasteiger partial charge in [-0.1, -0.05) is 33.6 Å². The number of sulfonamides is 1. The summed E-state index contributed by atoms with van der Waals surface area (Å²) in [7, 11) is -3.86. The first-order valence-corrected chi connectivity index (χ1v) is 11.9. The molecule has 158 valence electrons. The number of nitrogens with one attached hydrogen (secondary N) is 1. The van der Waals surface area contributed by atoms with Crippen molar-refractivity contribution in [3.63, 3.8) is 0 Å². The van der Waals surface area contributed by atoms with Crippen LogP contribution in [0.15, 0.2) is 70.0 Å². The Balaban J connectivity index is 1.63. The molecule has 0 atom stereocenters. The Morgan fingerprint density at radius 2 is 1.90 bits per heavy atom. The summed E-state index contributed by atoms with van der Waals surface area (Å²) >= 11 is 9.29. The number of carbonyl (C=O) groups excluding carboxylic acids is 2. The second-order valence-electron chi connectivity index (χ2n) is 6.93. The minimum Gasteiger partial charge on any atom is -0.321 e. The number of carbonyl (C=O) groups is 2. The maximum Gasteiger partial charge on any atom is 0.264 e. The van der Waals surface area contributed by atoms with Gasteiger partial charge in [-0.3, -0.25) is 13.9 Å². The van der Waals surface area contributed by atoms with E-state index in [9.17, 15) is 18.0 Å². The fourth-order valence-electron chi connectivity index (χ4n) is 3.45. The molecule has 0 radical (unpaired) electrons. The van der Waals surface area contributed by atoms with Gasteiger partial charge < -0.3 is 5.32 Å². The fourth-order valence-corrected chi connectivity index (χ4v) is 5.58. The third-order valence-electron chi connectivity index (χ3n) is 4.97. The highest BCUT2D eigenvalue weighted by Crippen LogP contribution is 2.34. The second kappa shape index (κ2) is 8.45. The summed E-state index contributed by atoms with van der Waals surface area (Å²) in [5, 5.41) is 3.22. The second-order valence-corrected chi connectivity index (χ2v) is 10.1. The zero-order valence-corrected chi connectivity index (χ0v) is 19.2. The van der Waals surface area contributed by atoms with Crippen LogP contribution in [0.4, 0.5) is 11.4 Å². The number of fused-ring (bicyclic) bond motifs is 1. The molecular formula is C22H16BrClN2O4S. The molecule has 1 aliphatic heterocycles. The minimum absolute atomic E-state index is 0.00867. The van der Waals surface area contributed by atoms with Crippen LogP contribution in [0.25, 0.3) is 0 Å². The Labute approximate surface area is 193 Å². The molecular weight excluding hydrogens is 504 g/mol. The monoisotopic (exact) mass is 518 g/mol. The van der Waals surface area contributed by atoms with Crippen LogP contribution in [0.5, 0.6) is 0 Å². The van der Waals surface area contributed by atoms with Crippen LogP contribution in [-0.2, 0) is 16.4 Å². The molecule has 0 unspecified atom stereocenters. The van der Waals surface area contributed by atoms with E-state index in [0.717, 1.165) is 5.56 Å². The number of hydrogen-bond donors (Lipinski definition) is 1. The molecule has 1 heterocycles. The molecule has 0 bridgehead atoms. The van der Waals surface area contributed by atoms with Crippen molar-refractivity contribution in [3.05, 3.63) is 86.8 Å². The van der Waals surface area contributed by atoms with Crippen molar-refractivity contribution in [1.82, 2.24) is 0 Å². The van der Waals surface area contributed by atoms with Crippen LogP contribution in [-0.4, -0.2) is 27.2 Å². The van der Waals surface area contributed by atoms with Crippen molar-refractivity contribution in [1.29, 1.82) is 0 Å². The van der Waals surface area contributed by atoms with Crippen molar-refractivity contribution in [3.8, 4) is 0 Å². The summed E-state index contributed by atoms with van der Waals surface area (Å²) in [5.74, 6) is -0.518. The zero-order chi connectivity index (χ0) is 22.2. The van der Waals surface area contributed by atoms with E-state index < -0.39 is 15.9 Å². The molecule has 0 saturated heterocycles. The van der Waals surface area contributed by atoms with Gasteiger partial charge in [0.2, 0.25) is 0 Å². The van der Waals surface area contributed by atoms with Gasteiger partial charge in [-0.05, 0) is 66.6 Å². The summed E-state index contributed by atoms with van der Waals surface area (Å²) < 4.78 is 28.6. The van der Waals surface area contributed by atoms with E-state index in [1.54, 1.807) is 36.4 Å². The van der Waals surface area contributed by atoms with Crippen molar-refractivity contribution in [2.75, 3.05) is 16.2 Å². The number of anilines is 2. The lowest BCUT2D eigenvalue weighted by molar-refractivity contribution is 0.102. The largest absolute Gasteiger partial charge is 0.321 e. The van der Waals surface area contributed by atoms with Gasteiger partial charge in [0.05, 0.1) is 16.3 Å². The van der Waals surface area contributed by atoms with Gasteiger partial charge >= 0.3 is 0 Å². The molecule has 3 aromatic rings. The minimum atomic E-state index is -3.86. The molecule has 4 rings (SSSR count). The molecule has 0 aliphatic carbocycles. The SMILES string of the molecule is O=Cc1cc(Br)ccc1NC(=O)c1cccc(S(=O)(=O)N2CCc3cc(Cl)ccc32)c1. The third-order valence-corrected chi connectivity index (χ3v) is 7.51. The average molecular weight is 520 g/mol. The summed E-state index contributed by atoms with van der Waals surface area (Å²) in [6.07, 6.45) is 1.20. The van der Waals surface area contributed by atoms with Crippen LogP contribution in [0, 0.1) is 0 Å². The van der Waals surface area contributed by atoms with E-state index in [1.807, 2.05) is 0 Å². The highest BCUT2D eigenvalue weighted by molar-refractivity contribution is 9.10. The lowest BCUT2D eigenvalue weighted by Gasteiger charge is -2.20. The van der Waals surface area contributed by atoms with Crippen LogP contribution < -0.4 is 9.62 Å². The number of benzene rings is 3. The van der Waals surface area contributed by atoms with E-state index in [0.29, 0.717) is 45.7 Å². The number of nitrogens with zero attached hydrogens (tertiary/aromatic N) is 1. The van der Waals surface area contributed by atoms with E-state index in [1.165, 1.54) is 28.6 Å². The lowest BCUT2D eigenvalue weighted by Crippen LogP contribution is -2.29. The van der Waals surface area contributed by atoms with Gasteiger partial charge in [-0.2, -0.15) is 0 Å². The van der Waals surface area contributed by atoms with Crippen LogP contribution in [0.1, 0.15) is 26.3 Å². The van der Waals surface area contributed by atoms with Crippen LogP contribution in [0.2, 0.25) is 5.02 Å². The average Bonchev–Trinajstić information content (AvgIpc) is 3.18. The van der Waals surface area contributed by atoms with Gasteiger partial charge in [0.25, 0.3) is 15.9 Å². The highest BCUT2D eigenvalue weighted by Gasteiger charge is 2.31. The molecule has 0 aromatic heterocycles. The maximum atomic E-state index is 13.3. The predicted octanol–water partition coefficient (Wildman–Crippen LogP) is 4.92. The Morgan fingerprint density at radius 1 is 1.10 bits per heavy atom. The van der Waals surface area contributed by atoms with Gasteiger partial charge in [-0.15, -0.1) is 0 Å². The lowest BCUT2D eigenvalue weighted by atomic mass is 10.1. The molecule has 3 aromatic carbocycles. The van der Waals surface area contributed by atoms with Gasteiger partial charge in [0.15, 0.2) is 6.29 Å². The van der Waals surface area contributed by atoms with E-state index in [2.05, 4.69) is 21.2 Å². The molecule has 31 heavy (non-hydrogen) atoms. The smallest absolute Gasteiger partial charge is 0.264 e. The van der Waals surface area contributed by atoms with Crippen molar-refractivity contribution in [2.45, 2.75) is 11.3 Å². The molecule has 1 aliphatic rings. The topological polar surface area (TPSA) is 83.5 Å². The van der Waals surface area contributed by atoms with E-state index >= 15 is 0 Å². The van der Waals surface area contributed by atoms with E-state index in [4.69, 9.17) is 11.6 Å². The first-order chi connectivity index (χ1) is 14.8. The van der Waals surface area contributed by atoms with Gasteiger partial charge in [0.1, 0.15) is 0 Å².